The zero-order valence-electron chi connectivity index (χ0n) is 10.6. The van der Waals surface area contributed by atoms with E-state index in [9.17, 15) is 0 Å². The SMILES string of the molecule is CCn1cnnc1CC(C)c1cccc(NI)c1. The molecular weight excluding hydrogens is 339 g/mol. The molecule has 0 bridgehead atoms. The molecule has 0 fully saturated rings. The van der Waals surface area contributed by atoms with Crippen LogP contribution in [0.1, 0.15) is 31.2 Å². The van der Waals surface area contributed by atoms with E-state index >= 15 is 0 Å². The molecule has 0 amide bonds. The monoisotopic (exact) mass is 356 g/mol. The smallest absolute Gasteiger partial charge is 0.133 e. The molecule has 2 aromatic rings. The first-order chi connectivity index (χ1) is 8.74. The van der Waals surface area contributed by atoms with Gasteiger partial charge in [0, 0.05) is 18.7 Å². The Morgan fingerprint density at radius 3 is 3.00 bits per heavy atom. The van der Waals surface area contributed by atoms with Crippen molar-refractivity contribution in [2.45, 2.75) is 32.7 Å². The Kier molecular flexibility index (Phi) is 4.57. The zero-order valence-corrected chi connectivity index (χ0v) is 12.8. The zero-order chi connectivity index (χ0) is 13.0. The molecule has 18 heavy (non-hydrogen) atoms. The molecule has 0 saturated heterocycles. The molecule has 0 saturated carbocycles. The van der Waals surface area contributed by atoms with Crippen molar-refractivity contribution < 1.29 is 0 Å². The van der Waals surface area contributed by atoms with Gasteiger partial charge in [0.15, 0.2) is 0 Å². The number of aryl methyl sites for hydroxylation is 1. The third kappa shape index (κ3) is 3.01. The standard InChI is InChI=1S/C13H17IN4/c1-3-18-9-15-17-13(18)7-10(2)11-5-4-6-12(8-11)16-14/h4-6,8-10,16H,3,7H2,1-2H3. The number of aromatic nitrogens is 3. The molecule has 1 unspecified atom stereocenters. The summed E-state index contributed by atoms with van der Waals surface area (Å²) in [6.45, 7) is 5.25. The molecule has 0 spiro atoms. The topological polar surface area (TPSA) is 42.7 Å². The lowest BCUT2D eigenvalue weighted by Crippen LogP contribution is -2.06. The Labute approximate surface area is 121 Å². The van der Waals surface area contributed by atoms with Gasteiger partial charge in [-0.05, 0) is 30.5 Å². The molecule has 1 heterocycles. The molecule has 5 heteroatoms. The summed E-state index contributed by atoms with van der Waals surface area (Å²) < 4.78 is 5.23. The van der Waals surface area contributed by atoms with Gasteiger partial charge < -0.3 is 8.10 Å². The van der Waals surface area contributed by atoms with Crippen molar-refractivity contribution in [3.63, 3.8) is 0 Å². The third-order valence-electron chi connectivity index (χ3n) is 3.09. The molecule has 1 N–H and O–H groups in total. The number of halogens is 1. The Morgan fingerprint density at radius 1 is 1.44 bits per heavy atom. The number of benzene rings is 1. The Hall–Kier alpha value is -1.11. The highest BCUT2D eigenvalue weighted by atomic mass is 127. The fraction of sp³-hybridized carbons (Fsp3) is 0.385. The number of nitrogens with zero attached hydrogens (tertiary/aromatic N) is 3. The molecule has 0 aliphatic carbocycles. The number of rotatable bonds is 5. The number of nitrogens with one attached hydrogen (secondary N) is 1. The van der Waals surface area contributed by atoms with Crippen LogP contribution in [0.5, 0.6) is 0 Å². The van der Waals surface area contributed by atoms with Crippen LogP contribution in [0.4, 0.5) is 5.69 Å². The lowest BCUT2D eigenvalue weighted by atomic mass is 9.97. The van der Waals surface area contributed by atoms with Crippen molar-refractivity contribution in [3.05, 3.63) is 42.0 Å². The van der Waals surface area contributed by atoms with Crippen LogP contribution in [-0.4, -0.2) is 14.8 Å². The molecule has 1 aromatic carbocycles. The first kappa shape index (κ1) is 13.3. The minimum atomic E-state index is 0.434. The predicted octanol–water partition coefficient (Wildman–Crippen LogP) is 3.41. The van der Waals surface area contributed by atoms with Crippen LogP contribution >= 0.6 is 22.9 Å². The minimum absolute atomic E-state index is 0.434. The van der Waals surface area contributed by atoms with E-state index in [1.807, 2.05) is 0 Å². The van der Waals surface area contributed by atoms with E-state index in [4.69, 9.17) is 0 Å². The summed E-state index contributed by atoms with van der Waals surface area (Å²) in [5.74, 6) is 1.49. The third-order valence-corrected chi connectivity index (χ3v) is 3.71. The minimum Gasteiger partial charge on any atom is -0.328 e. The fourth-order valence-corrected chi connectivity index (χ4v) is 2.33. The summed E-state index contributed by atoms with van der Waals surface area (Å²) in [7, 11) is 0. The summed E-state index contributed by atoms with van der Waals surface area (Å²) in [5, 5.41) is 8.16. The Bertz CT molecular complexity index is 509. The van der Waals surface area contributed by atoms with Crippen molar-refractivity contribution in [2.75, 3.05) is 3.53 Å². The van der Waals surface area contributed by atoms with Crippen LogP contribution in [0.2, 0.25) is 0 Å². The van der Waals surface area contributed by atoms with Gasteiger partial charge in [-0.3, -0.25) is 0 Å². The van der Waals surface area contributed by atoms with Crippen molar-refractivity contribution in [1.29, 1.82) is 0 Å². The quantitative estimate of drug-likeness (QED) is 0.660. The van der Waals surface area contributed by atoms with Crippen LogP contribution in [0, 0.1) is 0 Å². The molecule has 2 rings (SSSR count). The average Bonchev–Trinajstić information content (AvgIpc) is 2.86. The van der Waals surface area contributed by atoms with Crippen LogP contribution in [0.15, 0.2) is 30.6 Å². The molecule has 96 valence electrons. The second-order valence-corrected chi connectivity index (χ2v) is 4.90. The van der Waals surface area contributed by atoms with E-state index in [0.29, 0.717) is 5.92 Å². The van der Waals surface area contributed by atoms with Crippen LogP contribution in [-0.2, 0) is 13.0 Å². The highest BCUT2D eigenvalue weighted by molar-refractivity contribution is 14.1. The number of hydrogen-bond donors (Lipinski definition) is 1. The van der Waals surface area contributed by atoms with E-state index in [-0.39, 0.29) is 0 Å². The first-order valence-corrected chi connectivity index (χ1v) is 7.15. The van der Waals surface area contributed by atoms with Crippen molar-refractivity contribution in [3.8, 4) is 0 Å². The van der Waals surface area contributed by atoms with Gasteiger partial charge in [0.2, 0.25) is 0 Å². The number of hydrogen-bond acceptors (Lipinski definition) is 3. The van der Waals surface area contributed by atoms with Gasteiger partial charge in [-0.2, -0.15) is 0 Å². The Balaban J connectivity index is 2.13. The van der Waals surface area contributed by atoms with E-state index in [1.54, 1.807) is 6.33 Å². The van der Waals surface area contributed by atoms with Crippen molar-refractivity contribution in [1.82, 2.24) is 14.8 Å². The first-order valence-electron chi connectivity index (χ1n) is 6.08. The molecular formula is C13H17IN4. The van der Waals surface area contributed by atoms with Crippen LogP contribution in [0.25, 0.3) is 0 Å². The molecule has 4 nitrogen and oxygen atoms in total. The summed E-state index contributed by atoms with van der Waals surface area (Å²) in [6.07, 6.45) is 2.71. The maximum atomic E-state index is 4.19. The van der Waals surface area contributed by atoms with Crippen molar-refractivity contribution in [2.24, 2.45) is 0 Å². The van der Waals surface area contributed by atoms with E-state index in [2.05, 4.69) is 79.3 Å². The van der Waals surface area contributed by atoms with Gasteiger partial charge in [-0.25, -0.2) is 0 Å². The lowest BCUT2D eigenvalue weighted by molar-refractivity contribution is 0.643. The summed E-state index contributed by atoms with van der Waals surface area (Å²) in [4.78, 5) is 0. The Morgan fingerprint density at radius 2 is 2.28 bits per heavy atom. The molecule has 0 aliphatic heterocycles. The summed E-state index contributed by atoms with van der Waals surface area (Å²) in [5.41, 5.74) is 2.46. The normalized spacial score (nSPS) is 12.4. The van der Waals surface area contributed by atoms with E-state index in [1.165, 1.54) is 5.56 Å². The fourth-order valence-electron chi connectivity index (χ4n) is 2.00. The molecule has 0 aliphatic rings. The van der Waals surface area contributed by atoms with Gasteiger partial charge in [0.25, 0.3) is 0 Å². The maximum Gasteiger partial charge on any atom is 0.133 e. The van der Waals surface area contributed by atoms with E-state index < -0.39 is 0 Å². The maximum absolute atomic E-state index is 4.19. The average molecular weight is 356 g/mol. The summed E-state index contributed by atoms with van der Waals surface area (Å²) >= 11 is 2.15. The summed E-state index contributed by atoms with van der Waals surface area (Å²) in [6, 6.07) is 8.49. The second kappa shape index (κ2) is 6.17. The van der Waals surface area contributed by atoms with Gasteiger partial charge >= 0.3 is 0 Å². The van der Waals surface area contributed by atoms with Gasteiger partial charge in [0.1, 0.15) is 12.2 Å². The van der Waals surface area contributed by atoms with Crippen LogP contribution in [0.3, 0.4) is 0 Å². The highest BCUT2D eigenvalue weighted by Crippen LogP contribution is 2.22. The highest BCUT2D eigenvalue weighted by Gasteiger charge is 2.11. The second-order valence-electron chi connectivity index (χ2n) is 4.36. The van der Waals surface area contributed by atoms with Crippen LogP contribution < -0.4 is 3.53 Å². The number of anilines is 1. The molecule has 1 aromatic heterocycles. The predicted molar refractivity (Wildman–Crippen MR) is 81.9 cm³/mol. The van der Waals surface area contributed by atoms with Gasteiger partial charge in [0.05, 0.1) is 22.9 Å². The lowest BCUT2D eigenvalue weighted by Gasteiger charge is -2.13. The largest absolute Gasteiger partial charge is 0.328 e. The van der Waals surface area contributed by atoms with Gasteiger partial charge in [-0.15, -0.1) is 10.2 Å². The molecule has 0 radical (unpaired) electrons. The van der Waals surface area contributed by atoms with Gasteiger partial charge in [-0.1, -0.05) is 19.1 Å². The van der Waals surface area contributed by atoms with Crippen molar-refractivity contribution >= 4 is 28.6 Å². The van der Waals surface area contributed by atoms with E-state index in [0.717, 1.165) is 24.5 Å². The molecule has 1 atom stereocenters.